The number of hydrogen-bond acceptors (Lipinski definition) is 2. The molecule has 0 saturated carbocycles. The Balaban J connectivity index is 2.28. The number of ketones is 1. The average Bonchev–Trinajstić information content (AvgIpc) is 2.72. The highest BCUT2D eigenvalue weighted by Crippen LogP contribution is 2.20. The van der Waals surface area contributed by atoms with Crippen LogP contribution in [0.5, 0.6) is 0 Å². The number of Topliss-reactive ketones (excluding diaryl/α,β-unsaturated/α-hetero) is 1. The number of benzene rings is 1. The Kier molecular flexibility index (Phi) is 4.14. The quantitative estimate of drug-likeness (QED) is 0.806. The molecule has 5 heteroatoms. The first kappa shape index (κ1) is 13.9. The van der Waals surface area contributed by atoms with Crippen LogP contribution in [0.2, 0.25) is 0 Å². The number of aryl methyl sites for hydroxylation is 2. The first-order chi connectivity index (χ1) is 9.02. The van der Waals surface area contributed by atoms with E-state index in [0.717, 1.165) is 11.4 Å². The summed E-state index contributed by atoms with van der Waals surface area (Å²) < 4.78 is 15.9. The summed E-state index contributed by atoms with van der Waals surface area (Å²) in [5, 5.41) is 4.28. The molecule has 2 rings (SSSR count). The fraction of sp³-hybridized carbons (Fsp3) is 0.286. The van der Waals surface area contributed by atoms with Crippen LogP contribution >= 0.6 is 15.9 Å². The fourth-order valence-corrected chi connectivity index (χ4v) is 2.36. The van der Waals surface area contributed by atoms with Gasteiger partial charge in [-0.1, -0.05) is 6.07 Å². The van der Waals surface area contributed by atoms with Crippen LogP contribution < -0.4 is 0 Å². The van der Waals surface area contributed by atoms with E-state index in [4.69, 9.17) is 0 Å². The molecule has 0 spiro atoms. The van der Waals surface area contributed by atoms with E-state index in [-0.39, 0.29) is 17.8 Å². The predicted octanol–water partition coefficient (Wildman–Crippen LogP) is 3.54. The summed E-state index contributed by atoms with van der Waals surface area (Å²) in [6, 6.07) is 6.59. The van der Waals surface area contributed by atoms with E-state index in [2.05, 4.69) is 21.0 Å². The predicted molar refractivity (Wildman–Crippen MR) is 74.8 cm³/mol. The summed E-state index contributed by atoms with van der Waals surface area (Å²) in [4.78, 5) is 12.2. The van der Waals surface area contributed by atoms with Gasteiger partial charge in [-0.05, 0) is 48.0 Å². The Bertz CT molecular complexity index is 622. The van der Waals surface area contributed by atoms with Gasteiger partial charge in [0.15, 0.2) is 5.78 Å². The molecule has 100 valence electrons. The van der Waals surface area contributed by atoms with Crippen molar-refractivity contribution in [1.82, 2.24) is 9.78 Å². The second-order valence-electron chi connectivity index (χ2n) is 4.29. The Morgan fingerprint density at radius 2 is 2.21 bits per heavy atom. The van der Waals surface area contributed by atoms with Gasteiger partial charge < -0.3 is 0 Å². The maximum absolute atomic E-state index is 13.9. The molecule has 19 heavy (non-hydrogen) atoms. The third-order valence-electron chi connectivity index (χ3n) is 2.88. The molecule has 0 unspecified atom stereocenters. The van der Waals surface area contributed by atoms with Gasteiger partial charge in [0.2, 0.25) is 0 Å². The molecule has 3 nitrogen and oxygen atoms in total. The van der Waals surface area contributed by atoms with E-state index < -0.39 is 5.82 Å². The van der Waals surface area contributed by atoms with Gasteiger partial charge >= 0.3 is 0 Å². The van der Waals surface area contributed by atoms with Crippen LogP contribution in [0.15, 0.2) is 28.7 Å². The zero-order chi connectivity index (χ0) is 14.0. The third kappa shape index (κ3) is 2.92. The molecule has 0 saturated heterocycles. The highest BCUT2D eigenvalue weighted by molar-refractivity contribution is 9.10. The Hall–Kier alpha value is -1.49. The number of carbonyl (C=O) groups is 1. The number of halogens is 2. The number of nitrogens with zero attached hydrogens (tertiary/aromatic N) is 2. The molecule has 0 aliphatic rings. The third-order valence-corrected chi connectivity index (χ3v) is 3.49. The smallest absolute Gasteiger partial charge is 0.171 e. The minimum absolute atomic E-state index is 0.107. The highest BCUT2D eigenvalue weighted by Gasteiger charge is 2.16. The van der Waals surface area contributed by atoms with Crippen LogP contribution in [0.1, 0.15) is 28.7 Å². The highest BCUT2D eigenvalue weighted by atomic mass is 79.9. The molecule has 0 bridgehead atoms. The molecule has 1 aromatic heterocycles. The topological polar surface area (TPSA) is 34.9 Å². The first-order valence-electron chi connectivity index (χ1n) is 6.03. The summed E-state index contributed by atoms with van der Waals surface area (Å²) in [7, 11) is 0. The summed E-state index contributed by atoms with van der Waals surface area (Å²) in [6.07, 6.45) is 0.155. The minimum atomic E-state index is -0.508. The lowest BCUT2D eigenvalue weighted by atomic mass is 10.1. The number of hydrogen-bond donors (Lipinski definition) is 0. The largest absolute Gasteiger partial charge is 0.294 e. The lowest BCUT2D eigenvalue weighted by Crippen LogP contribution is -2.11. The molecule has 0 amide bonds. The molecule has 2 aromatic rings. The van der Waals surface area contributed by atoms with Crippen molar-refractivity contribution in [2.24, 2.45) is 0 Å². The monoisotopic (exact) mass is 324 g/mol. The number of rotatable bonds is 4. The molecule has 0 aliphatic heterocycles. The van der Waals surface area contributed by atoms with E-state index >= 15 is 0 Å². The maximum Gasteiger partial charge on any atom is 0.171 e. The molecular formula is C14H14BrFN2O. The van der Waals surface area contributed by atoms with Crippen molar-refractivity contribution in [3.8, 4) is 0 Å². The number of aromatic nitrogens is 2. The average molecular weight is 325 g/mol. The molecule has 0 atom stereocenters. The molecule has 1 aromatic carbocycles. The van der Waals surface area contributed by atoms with Crippen LogP contribution in [0.25, 0.3) is 0 Å². The van der Waals surface area contributed by atoms with Crippen molar-refractivity contribution >= 4 is 21.7 Å². The zero-order valence-corrected chi connectivity index (χ0v) is 12.4. The van der Waals surface area contributed by atoms with Gasteiger partial charge in [0.25, 0.3) is 0 Å². The maximum atomic E-state index is 13.9. The second kappa shape index (κ2) is 5.65. The minimum Gasteiger partial charge on any atom is -0.294 e. The van der Waals surface area contributed by atoms with Crippen molar-refractivity contribution in [2.75, 3.05) is 0 Å². The van der Waals surface area contributed by atoms with Crippen LogP contribution in [0.3, 0.4) is 0 Å². The lowest BCUT2D eigenvalue weighted by molar-refractivity contribution is 0.0986. The molecule has 0 radical (unpaired) electrons. The van der Waals surface area contributed by atoms with Crippen LogP contribution in [0, 0.1) is 12.7 Å². The van der Waals surface area contributed by atoms with Crippen LogP contribution in [-0.2, 0) is 13.0 Å². The van der Waals surface area contributed by atoms with Gasteiger partial charge in [-0.15, -0.1) is 0 Å². The Morgan fingerprint density at radius 3 is 2.89 bits per heavy atom. The van der Waals surface area contributed by atoms with Crippen molar-refractivity contribution in [1.29, 1.82) is 0 Å². The van der Waals surface area contributed by atoms with E-state index in [9.17, 15) is 9.18 Å². The number of carbonyl (C=O) groups excluding carboxylic acids is 1. The van der Waals surface area contributed by atoms with Crippen molar-refractivity contribution < 1.29 is 9.18 Å². The van der Waals surface area contributed by atoms with E-state index in [1.165, 1.54) is 6.07 Å². The lowest BCUT2D eigenvalue weighted by Gasteiger charge is -2.06. The Labute approximate surface area is 119 Å². The molecule has 0 fully saturated rings. The normalized spacial score (nSPS) is 10.7. The van der Waals surface area contributed by atoms with Crippen LogP contribution in [0.4, 0.5) is 4.39 Å². The first-order valence-corrected chi connectivity index (χ1v) is 6.82. The fourth-order valence-electron chi connectivity index (χ4n) is 1.99. The Morgan fingerprint density at radius 1 is 1.47 bits per heavy atom. The van der Waals surface area contributed by atoms with E-state index in [0.29, 0.717) is 11.0 Å². The van der Waals surface area contributed by atoms with Gasteiger partial charge in [-0.3, -0.25) is 9.48 Å². The van der Waals surface area contributed by atoms with Crippen molar-refractivity contribution in [3.05, 3.63) is 51.5 Å². The van der Waals surface area contributed by atoms with Gasteiger partial charge in [0.1, 0.15) is 5.82 Å². The van der Waals surface area contributed by atoms with Gasteiger partial charge in [-0.25, -0.2) is 4.39 Å². The second-order valence-corrected chi connectivity index (χ2v) is 5.15. The van der Waals surface area contributed by atoms with Crippen molar-refractivity contribution in [2.45, 2.75) is 26.8 Å². The van der Waals surface area contributed by atoms with Gasteiger partial charge in [0, 0.05) is 12.2 Å². The van der Waals surface area contributed by atoms with Crippen LogP contribution in [-0.4, -0.2) is 15.6 Å². The van der Waals surface area contributed by atoms with Crippen molar-refractivity contribution in [3.63, 3.8) is 0 Å². The molecule has 0 N–H and O–H groups in total. The molecule has 0 aliphatic carbocycles. The summed E-state index contributed by atoms with van der Waals surface area (Å²) in [5.41, 5.74) is 1.78. The van der Waals surface area contributed by atoms with Gasteiger partial charge in [-0.2, -0.15) is 5.10 Å². The summed E-state index contributed by atoms with van der Waals surface area (Å²) in [6.45, 7) is 4.53. The summed E-state index contributed by atoms with van der Waals surface area (Å²) >= 11 is 3.09. The van der Waals surface area contributed by atoms with E-state index in [1.54, 1.807) is 16.8 Å². The summed E-state index contributed by atoms with van der Waals surface area (Å²) in [5.74, 6) is -0.750. The SMILES string of the molecule is CCn1nc(C)cc1CC(=O)c1cccc(Br)c1F. The van der Waals surface area contributed by atoms with E-state index in [1.807, 2.05) is 19.9 Å². The molecular weight excluding hydrogens is 311 g/mol. The molecule has 1 heterocycles. The zero-order valence-electron chi connectivity index (χ0n) is 10.8. The standard InChI is InChI=1S/C14H14BrFN2O/c1-3-18-10(7-9(2)17-18)8-13(19)11-5-4-6-12(15)14(11)16/h4-7H,3,8H2,1-2H3. The van der Waals surface area contributed by atoms with Gasteiger partial charge in [0.05, 0.1) is 22.2 Å².